The number of carbonyl (C=O) groups is 10. The van der Waals surface area contributed by atoms with Crippen LogP contribution >= 0.6 is 0 Å². The van der Waals surface area contributed by atoms with Gasteiger partial charge in [-0.05, 0) is 44.0 Å². The van der Waals surface area contributed by atoms with Crippen molar-refractivity contribution in [1.29, 1.82) is 0 Å². The first-order chi connectivity index (χ1) is 38.8. The molecule has 82 heavy (non-hydrogen) atoms. The summed E-state index contributed by atoms with van der Waals surface area (Å²) in [7, 11) is 6.38. The molecule has 0 saturated carbocycles. The third-order valence-corrected chi connectivity index (χ3v) is 10.9. The number of carbonyl (C=O) groups excluding carboxylic acids is 10. The highest BCUT2D eigenvalue weighted by molar-refractivity contribution is 5.94. The van der Waals surface area contributed by atoms with Gasteiger partial charge in [0, 0.05) is 113 Å². The molecule has 1 aromatic rings. The Labute approximate surface area is 480 Å². The topological polar surface area (TPSA) is 321 Å². The minimum Gasteiger partial charge on any atom is -0.486 e. The lowest BCUT2D eigenvalue weighted by Crippen LogP contribution is -2.48. The van der Waals surface area contributed by atoms with E-state index >= 15 is 0 Å². The van der Waals surface area contributed by atoms with Gasteiger partial charge in [-0.2, -0.15) is 0 Å². The largest absolute Gasteiger partial charge is 0.486 e. The van der Waals surface area contributed by atoms with Crippen LogP contribution in [0.4, 0.5) is 0 Å². The number of hydrogen-bond donors (Lipinski definition) is 1. The lowest BCUT2D eigenvalue weighted by Gasteiger charge is -2.34. The summed E-state index contributed by atoms with van der Waals surface area (Å²) in [5.41, 5.74) is 0.971. The number of methoxy groups -OCH3 is 4. The Morgan fingerprint density at radius 3 is 1.32 bits per heavy atom. The van der Waals surface area contributed by atoms with Gasteiger partial charge in [-0.25, -0.2) is 0 Å². The Balaban J connectivity index is 0.00000123. The predicted octanol–water partition coefficient (Wildman–Crippen LogP) is 3.18. The molecule has 3 atom stereocenters. The molecule has 0 radical (unpaired) electrons. The standard InChI is InChI=1S/C24H32O10.C16H23NO7.C16H32O8/c1-15(25)10-34-23-8-6-7-20(9-23)24(21(11-30-16(2)26)12-31-17(3)27)22(13-32-18(4)28)14-33-19(5)29;1-5-6-17-16(21)12-7-13(22-9(2)18)15(24-11(4)20)14(8-12)23-10(3)19;1-13(17)6-22-16(11-23-14(7-18-2)8-19-3)12-24-15(9-20-4)10-21-5/h6-9,21-22,24H,10-14H2,1-5H3;7,13-15H,5-6,8H2,1-4H3,(H,17,21);14-16H,6-12H2,1-5H3/t;13-,14-,15-;/m.1./s1. The summed E-state index contributed by atoms with van der Waals surface area (Å²) in [6.07, 6.45) is -1.48. The molecular weight excluding hydrogens is 1090 g/mol. The van der Waals surface area contributed by atoms with Crippen LogP contribution in [0.3, 0.4) is 0 Å². The summed E-state index contributed by atoms with van der Waals surface area (Å²) >= 11 is 0. The Kier molecular flexibility index (Phi) is 40.7. The van der Waals surface area contributed by atoms with Crippen molar-refractivity contribution in [2.75, 3.05) is 114 Å². The van der Waals surface area contributed by atoms with Gasteiger partial charge in [-0.15, -0.1) is 0 Å². The van der Waals surface area contributed by atoms with Crippen molar-refractivity contribution in [3.05, 3.63) is 41.5 Å². The molecule has 1 aliphatic rings. The van der Waals surface area contributed by atoms with Crippen LogP contribution in [0, 0.1) is 11.8 Å². The van der Waals surface area contributed by atoms with Crippen molar-refractivity contribution in [2.45, 2.75) is 125 Å². The summed E-state index contributed by atoms with van der Waals surface area (Å²) in [4.78, 5) is 115. The van der Waals surface area contributed by atoms with Crippen LogP contribution in [0.25, 0.3) is 0 Å². The molecule has 0 bridgehead atoms. The molecule has 1 aromatic carbocycles. The molecular formula is C56H87NO25. The molecule has 466 valence electrons. The molecule has 1 N–H and O–H groups in total. The van der Waals surface area contributed by atoms with Crippen LogP contribution in [0.1, 0.15) is 93.6 Å². The zero-order chi connectivity index (χ0) is 62.2. The monoisotopic (exact) mass is 1170 g/mol. The molecule has 2 rings (SSSR count). The molecule has 1 aliphatic carbocycles. The van der Waals surface area contributed by atoms with E-state index in [0.717, 1.165) is 6.42 Å². The number of rotatable bonds is 37. The smallest absolute Gasteiger partial charge is 0.303 e. The molecule has 0 saturated heterocycles. The molecule has 0 aliphatic heterocycles. The third kappa shape index (κ3) is 36.1. The summed E-state index contributed by atoms with van der Waals surface area (Å²) in [5.74, 6) is -5.77. The highest BCUT2D eigenvalue weighted by atomic mass is 16.6. The second-order valence-electron chi connectivity index (χ2n) is 18.6. The Bertz CT molecular complexity index is 2040. The molecule has 0 unspecified atom stereocenters. The van der Waals surface area contributed by atoms with Gasteiger partial charge in [0.25, 0.3) is 0 Å². The second-order valence-corrected chi connectivity index (χ2v) is 18.6. The van der Waals surface area contributed by atoms with Crippen molar-refractivity contribution in [1.82, 2.24) is 5.32 Å². The third-order valence-electron chi connectivity index (χ3n) is 10.9. The van der Waals surface area contributed by atoms with Crippen molar-refractivity contribution >= 4 is 59.3 Å². The van der Waals surface area contributed by atoms with E-state index in [2.05, 4.69) is 5.32 Å². The predicted molar refractivity (Wildman–Crippen MR) is 289 cm³/mol. The van der Waals surface area contributed by atoms with Crippen molar-refractivity contribution in [3.8, 4) is 5.75 Å². The second kappa shape index (κ2) is 44.2. The Morgan fingerprint density at radius 2 is 0.939 bits per heavy atom. The highest BCUT2D eigenvalue weighted by Crippen LogP contribution is 2.36. The number of ether oxygens (including phenoxy) is 15. The highest BCUT2D eigenvalue weighted by Gasteiger charge is 2.41. The fraction of sp³-hybridized carbons (Fsp3) is 0.679. The van der Waals surface area contributed by atoms with Crippen LogP contribution in [-0.2, 0) is 114 Å². The molecule has 0 fully saturated rings. The fourth-order valence-corrected chi connectivity index (χ4v) is 7.61. The van der Waals surface area contributed by atoms with Gasteiger partial charge >= 0.3 is 41.8 Å². The van der Waals surface area contributed by atoms with Gasteiger partial charge in [0.05, 0.1) is 66.1 Å². The Hall–Kier alpha value is -6.42. The summed E-state index contributed by atoms with van der Waals surface area (Å²) in [6.45, 7) is 15.5. The van der Waals surface area contributed by atoms with Crippen LogP contribution in [-0.4, -0.2) is 210 Å². The van der Waals surface area contributed by atoms with Gasteiger partial charge in [0.15, 0.2) is 23.8 Å². The molecule has 0 heterocycles. The van der Waals surface area contributed by atoms with Crippen molar-refractivity contribution in [3.63, 3.8) is 0 Å². The van der Waals surface area contributed by atoms with E-state index in [9.17, 15) is 47.9 Å². The zero-order valence-electron chi connectivity index (χ0n) is 49.9. The van der Waals surface area contributed by atoms with Gasteiger partial charge in [0.1, 0.15) is 43.4 Å². The van der Waals surface area contributed by atoms with Gasteiger partial charge < -0.3 is 76.4 Å². The van der Waals surface area contributed by atoms with Crippen LogP contribution in [0.5, 0.6) is 5.75 Å². The SMILES string of the molecule is CC(=O)COc1cccc(C(C(COC(C)=O)COC(C)=O)C(COC(C)=O)COC(C)=O)c1.CCCNC(=O)C1=C[C@@H](OC(C)=O)[C@@H](OC(C)=O)[C@H](OC(C)=O)C1.COCC(COC)OCC(COC(COC)COC)OCC(C)=O. The number of hydrogen-bond acceptors (Lipinski definition) is 25. The van der Waals surface area contributed by atoms with E-state index in [1.54, 1.807) is 52.7 Å². The van der Waals surface area contributed by atoms with Crippen molar-refractivity contribution < 1.29 is 119 Å². The quantitative estimate of drug-likeness (QED) is 0.0738. The fourth-order valence-electron chi connectivity index (χ4n) is 7.61. The van der Waals surface area contributed by atoms with Gasteiger partial charge in [-0.1, -0.05) is 19.1 Å². The minimum atomic E-state index is -1.01. The average molecular weight is 1170 g/mol. The lowest BCUT2D eigenvalue weighted by atomic mass is 9.77. The first-order valence-electron chi connectivity index (χ1n) is 26.4. The number of amides is 1. The number of esters is 7. The van der Waals surface area contributed by atoms with E-state index < -0.39 is 77.9 Å². The maximum absolute atomic E-state index is 12.2. The molecule has 26 nitrogen and oxygen atoms in total. The lowest BCUT2D eigenvalue weighted by molar-refractivity contribution is -0.180. The number of ketones is 2. The van der Waals surface area contributed by atoms with Crippen LogP contribution in [0.15, 0.2) is 35.9 Å². The first kappa shape index (κ1) is 75.6. The maximum Gasteiger partial charge on any atom is 0.303 e. The van der Waals surface area contributed by atoms with Crippen LogP contribution < -0.4 is 10.1 Å². The van der Waals surface area contributed by atoms with E-state index in [-0.39, 0.29) is 95.1 Å². The van der Waals surface area contributed by atoms with Gasteiger partial charge in [0.2, 0.25) is 5.91 Å². The molecule has 0 aromatic heterocycles. The normalized spacial score (nSPS) is 14.6. The average Bonchev–Trinajstić information content (AvgIpc) is 3.39. The molecule has 0 spiro atoms. The maximum atomic E-state index is 12.2. The van der Waals surface area contributed by atoms with Crippen molar-refractivity contribution in [2.24, 2.45) is 11.8 Å². The zero-order valence-corrected chi connectivity index (χ0v) is 49.9. The van der Waals surface area contributed by atoms with E-state index in [4.69, 9.17) is 71.1 Å². The summed E-state index contributed by atoms with van der Waals surface area (Å²) in [5, 5.41) is 2.71. The van der Waals surface area contributed by atoms with E-state index in [1.807, 2.05) is 6.92 Å². The number of Topliss-reactive ketones (excluding diaryl/α,β-unsaturated/α-hetero) is 2. The summed E-state index contributed by atoms with van der Waals surface area (Å²) in [6, 6.07) is 6.84. The van der Waals surface area contributed by atoms with Crippen LogP contribution in [0.2, 0.25) is 0 Å². The van der Waals surface area contributed by atoms with Gasteiger partial charge in [-0.3, -0.25) is 47.9 Å². The first-order valence-corrected chi connectivity index (χ1v) is 26.4. The molecule has 1 amide bonds. The molecule has 26 heteroatoms. The minimum absolute atomic E-state index is 0.00975. The van der Waals surface area contributed by atoms with E-state index in [0.29, 0.717) is 49.9 Å². The van der Waals surface area contributed by atoms with E-state index in [1.165, 1.54) is 68.4 Å². The Morgan fingerprint density at radius 1 is 0.512 bits per heavy atom. The summed E-state index contributed by atoms with van der Waals surface area (Å²) < 4.78 is 79.3. The number of nitrogens with one attached hydrogen (secondary N) is 1. The number of benzene rings is 1.